The molecule has 0 spiro atoms. The van der Waals surface area contributed by atoms with Crippen molar-refractivity contribution < 1.29 is 12.8 Å². The Morgan fingerprint density at radius 1 is 1.47 bits per heavy atom. The summed E-state index contributed by atoms with van der Waals surface area (Å²) < 4.78 is 36.3. The van der Waals surface area contributed by atoms with E-state index in [9.17, 15) is 12.8 Å². The zero-order chi connectivity index (χ0) is 14.0. The molecule has 0 saturated carbocycles. The van der Waals surface area contributed by atoms with E-state index in [-0.39, 0.29) is 29.2 Å². The number of alkyl halides is 1. The third-order valence-corrected chi connectivity index (χ3v) is 6.62. The maximum atomic E-state index is 13.2. The lowest BCUT2D eigenvalue weighted by Crippen LogP contribution is -2.20. The number of benzene rings is 1. The molecule has 0 radical (unpaired) electrons. The van der Waals surface area contributed by atoms with Crippen molar-refractivity contribution in [1.29, 1.82) is 0 Å². The van der Waals surface area contributed by atoms with Gasteiger partial charge in [0.15, 0.2) is 9.84 Å². The van der Waals surface area contributed by atoms with Gasteiger partial charge in [0.2, 0.25) is 0 Å². The highest BCUT2D eigenvalue weighted by atomic mass is 79.9. The Morgan fingerprint density at radius 2 is 2.21 bits per heavy atom. The van der Waals surface area contributed by atoms with Crippen molar-refractivity contribution in [3.8, 4) is 0 Å². The van der Waals surface area contributed by atoms with Crippen molar-refractivity contribution in [1.82, 2.24) is 0 Å². The largest absolute Gasteiger partial charge is 0.229 e. The van der Waals surface area contributed by atoms with E-state index in [1.807, 2.05) is 0 Å². The smallest absolute Gasteiger partial charge is 0.150 e. The molecule has 1 aromatic rings. The van der Waals surface area contributed by atoms with Crippen molar-refractivity contribution >= 4 is 37.4 Å². The molecule has 1 aromatic carbocycles. The van der Waals surface area contributed by atoms with E-state index in [0.717, 1.165) is 5.56 Å². The van der Waals surface area contributed by atoms with Gasteiger partial charge < -0.3 is 0 Å². The van der Waals surface area contributed by atoms with Crippen LogP contribution in [0, 0.1) is 17.7 Å². The molecule has 1 saturated heterocycles. The van der Waals surface area contributed by atoms with Gasteiger partial charge in [-0.2, -0.15) is 0 Å². The Labute approximate surface area is 126 Å². The summed E-state index contributed by atoms with van der Waals surface area (Å²) in [5.41, 5.74) is 0.746. The van der Waals surface area contributed by atoms with Crippen LogP contribution in [0.1, 0.15) is 12.0 Å². The van der Waals surface area contributed by atoms with Crippen LogP contribution in [-0.2, 0) is 16.3 Å². The second kappa shape index (κ2) is 6.10. The van der Waals surface area contributed by atoms with Crippen LogP contribution in [0.15, 0.2) is 18.2 Å². The van der Waals surface area contributed by atoms with Gasteiger partial charge in [0.25, 0.3) is 0 Å². The second-order valence-corrected chi connectivity index (χ2v) is 8.30. The van der Waals surface area contributed by atoms with E-state index in [1.54, 1.807) is 6.07 Å². The van der Waals surface area contributed by atoms with Crippen molar-refractivity contribution in [3.05, 3.63) is 34.6 Å². The molecule has 1 heterocycles. The summed E-state index contributed by atoms with van der Waals surface area (Å²) in [5.74, 6) is 0.473. The molecule has 2 unspecified atom stereocenters. The minimum absolute atomic E-state index is 0.128. The van der Waals surface area contributed by atoms with Crippen LogP contribution in [0.4, 0.5) is 4.39 Å². The highest BCUT2D eigenvalue weighted by molar-refractivity contribution is 9.09. The quantitative estimate of drug-likeness (QED) is 0.762. The van der Waals surface area contributed by atoms with Crippen LogP contribution >= 0.6 is 27.5 Å². The van der Waals surface area contributed by atoms with E-state index >= 15 is 0 Å². The first-order valence-electron chi connectivity index (χ1n) is 6.11. The minimum Gasteiger partial charge on any atom is -0.229 e. The molecule has 0 amide bonds. The predicted octanol–water partition coefficient (Wildman–Crippen LogP) is 3.47. The fraction of sp³-hybridized carbons (Fsp3) is 0.538. The molecule has 2 atom stereocenters. The molecule has 106 valence electrons. The second-order valence-electron chi connectivity index (χ2n) is 5.02. The van der Waals surface area contributed by atoms with E-state index in [1.165, 1.54) is 12.1 Å². The van der Waals surface area contributed by atoms with Gasteiger partial charge in [-0.25, -0.2) is 12.8 Å². The summed E-state index contributed by atoms with van der Waals surface area (Å²) in [7, 11) is -2.89. The standard InChI is InChI=1S/C13H15BrClFO2S/c14-7-11(9-3-4-19(17,18)8-9)5-10-6-12(16)1-2-13(10)15/h1-2,6,9,11H,3-5,7-8H2. The number of sulfone groups is 1. The lowest BCUT2D eigenvalue weighted by molar-refractivity contribution is 0.401. The molecule has 0 aliphatic carbocycles. The highest BCUT2D eigenvalue weighted by Crippen LogP contribution is 2.31. The number of rotatable bonds is 4. The summed E-state index contributed by atoms with van der Waals surface area (Å²) in [6.07, 6.45) is 1.29. The van der Waals surface area contributed by atoms with Crippen LogP contribution < -0.4 is 0 Å². The molecule has 2 rings (SSSR count). The first kappa shape index (κ1) is 15.3. The molecule has 1 aliphatic heterocycles. The minimum atomic E-state index is -2.89. The Kier molecular flexibility index (Phi) is 4.90. The van der Waals surface area contributed by atoms with Gasteiger partial charge in [0.05, 0.1) is 11.5 Å². The van der Waals surface area contributed by atoms with Gasteiger partial charge in [0.1, 0.15) is 5.82 Å². The number of hydrogen-bond donors (Lipinski definition) is 0. The van der Waals surface area contributed by atoms with Gasteiger partial charge >= 0.3 is 0 Å². The summed E-state index contributed by atoms with van der Waals surface area (Å²) in [4.78, 5) is 0. The average Bonchev–Trinajstić information content (AvgIpc) is 2.70. The molecule has 1 aliphatic rings. The normalized spacial score (nSPS) is 23.4. The lowest BCUT2D eigenvalue weighted by atomic mass is 9.88. The van der Waals surface area contributed by atoms with E-state index < -0.39 is 9.84 Å². The Bertz CT molecular complexity index is 562. The van der Waals surface area contributed by atoms with E-state index in [4.69, 9.17) is 11.6 Å². The summed E-state index contributed by atoms with van der Waals surface area (Å²) in [6, 6.07) is 4.30. The number of hydrogen-bond acceptors (Lipinski definition) is 2. The molecule has 1 fully saturated rings. The third-order valence-electron chi connectivity index (χ3n) is 3.62. The first-order valence-corrected chi connectivity index (χ1v) is 9.43. The van der Waals surface area contributed by atoms with Gasteiger partial charge in [0, 0.05) is 10.4 Å². The monoisotopic (exact) mass is 368 g/mol. The van der Waals surface area contributed by atoms with Crippen molar-refractivity contribution in [2.45, 2.75) is 12.8 Å². The fourth-order valence-electron chi connectivity index (χ4n) is 2.52. The fourth-order valence-corrected chi connectivity index (χ4v) is 5.40. The van der Waals surface area contributed by atoms with Crippen molar-refractivity contribution in [2.24, 2.45) is 11.8 Å². The third kappa shape index (κ3) is 3.92. The van der Waals surface area contributed by atoms with Crippen LogP contribution in [0.25, 0.3) is 0 Å². The van der Waals surface area contributed by atoms with E-state index in [2.05, 4.69) is 15.9 Å². The molecule has 0 aromatic heterocycles. The zero-order valence-corrected chi connectivity index (χ0v) is 13.4. The molecule has 19 heavy (non-hydrogen) atoms. The summed E-state index contributed by atoms with van der Waals surface area (Å²) in [6.45, 7) is 0. The van der Waals surface area contributed by atoms with E-state index in [0.29, 0.717) is 23.2 Å². The molecular formula is C13H15BrClFO2S. The molecule has 0 N–H and O–H groups in total. The van der Waals surface area contributed by atoms with Crippen LogP contribution in [0.3, 0.4) is 0 Å². The van der Waals surface area contributed by atoms with Gasteiger partial charge in [-0.3, -0.25) is 0 Å². The summed E-state index contributed by atoms with van der Waals surface area (Å²) >= 11 is 9.49. The Balaban J connectivity index is 2.13. The first-order chi connectivity index (χ1) is 8.91. The van der Waals surface area contributed by atoms with Crippen LogP contribution in [0.2, 0.25) is 5.02 Å². The molecule has 6 heteroatoms. The zero-order valence-electron chi connectivity index (χ0n) is 10.3. The molecular weight excluding hydrogens is 355 g/mol. The average molecular weight is 370 g/mol. The maximum Gasteiger partial charge on any atom is 0.150 e. The SMILES string of the molecule is O=S1(=O)CCC(C(CBr)Cc2cc(F)ccc2Cl)C1. The Hall–Kier alpha value is -0.130. The predicted molar refractivity (Wildman–Crippen MR) is 79.2 cm³/mol. The summed E-state index contributed by atoms with van der Waals surface area (Å²) in [5, 5.41) is 1.23. The van der Waals surface area contributed by atoms with Crippen molar-refractivity contribution in [2.75, 3.05) is 16.8 Å². The maximum absolute atomic E-state index is 13.2. The topological polar surface area (TPSA) is 34.1 Å². The molecule has 2 nitrogen and oxygen atoms in total. The van der Waals surface area contributed by atoms with Gasteiger partial charge in [-0.1, -0.05) is 27.5 Å². The highest BCUT2D eigenvalue weighted by Gasteiger charge is 2.33. The van der Waals surface area contributed by atoms with Gasteiger partial charge in [-0.15, -0.1) is 0 Å². The Morgan fingerprint density at radius 3 is 2.79 bits per heavy atom. The van der Waals surface area contributed by atoms with Gasteiger partial charge in [-0.05, 0) is 48.4 Å². The van der Waals surface area contributed by atoms with Crippen LogP contribution in [-0.4, -0.2) is 25.3 Å². The molecule has 0 bridgehead atoms. The number of halogens is 3. The lowest BCUT2D eigenvalue weighted by Gasteiger charge is -2.20. The van der Waals surface area contributed by atoms with Crippen molar-refractivity contribution in [3.63, 3.8) is 0 Å². The van der Waals surface area contributed by atoms with Crippen LogP contribution in [0.5, 0.6) is 0 Å².